The molecule has 0 saturated heterocycles. The monoisotopic (exact) mass is 218 g/mol. The average Bonchev–Trinajstić information content (AvgIpc) is 2.48. The second-order valence-corrected chi connectivity index (χ2v) is 5.54. The van der Waals surface area contributed by atoms with Crippen molar-refractivity contribution in [3.8, 4) is 0 Å². The Morgan fingerprint density at radius 1 is 1.54 bits per heavy atom. The summed E-state index contributed by atoms with van der Waals surface area (Å²) >= 11 is 7.35. The summed E-state index contributed by atoms with van der Waals surface area (Å²) in [5.41, 5.74) is 5.75. The standard InChI is InChI=1S/C9H15ClN2S/c1-9(2,5-11)6-12-8-4-3-7(10)13-8/h3-4,12H,5-6,11H2,1-2H3. The number of anilines is 1. The number of hydrogen-bond donors (Lipinski definition) is 2. The molecule has 1 heterocycles. The summed E-state index contributed by atoms with van der Waals surface area (Å²) in [6.45, 7) is 5.82. The van der Waals surface area contributed by atoms with Gasteiger partial charge >= 0.3 is 0 Å². The van der Waals surface area contributed by atoms with E-state index in [2.05, 4.69) is 19.2 Å². The zero-order valence-corrected chi connectivity index (χ0v) is 9.50. The second kappa shape index (κ2) is 4.31. The average molecular weight is 219 g/mol. The summed E-state index contributed by atoms with van der Waals surface area (Å²) in [7, 11) is 0. The molecule has 0 atom stereocenters. The van der Waals surface area contributed by atoms with E-state index in [1.165, 1.54) is 0 Å². The van der Waals surface area contributed by atoms with Crippen molar-refractivity contribution in [1.82, 2.24) is 0 Å². The van der Waals surface area contributed by atoms with Gasteiger partial charge in [-0.3, -0.25) is 0 Å². The summed E-state index contributed by atoms with van der Waals surface area (Å²) in [5.74, 6) is 0. The number of halogens is 1. The lowest BCUT2D eigenvalue weighted by Gasteiger charge is -2.22. The van der Waals surface area contributed by atoms with Gasteiger partial charge in [0.15, 0.2) is 0 Å². The number of rotatable bonds is 4. The molecule has 0 radical (unpaired) electrons. The fourth-order valence-corrected chi connectivity index (χ4v) is 1.75. The van der Waals surface area contributed by atoms with Gasteiger partial charge in [0.1, 0.15) is 0 Å². The molecule has 0 amide bonds. The number of nitrogens with two attached hydrogens (primary N) is 1. The smallest absolute Gasteiger partial charge is 0.0950 e. The van der Waals surface area contributed by atoms with Crippen molar-refractivity contribution in [2.24, 2.45) is 11.1 Å². The Hall–Kier alpha value is -0.250. The molecule has 0 aliphatic carbocycles. The van der Waals surface area contributed by atoms with Crippen LogP contribution >= 0.6 is 22.9 Å². The molecule has 0 aliphatic heterocycles. The van der Waals surface area contributed by atoms with Crippen LogP contribution in [0.1, 0.15) is 13.8 Å². The van der Waals surface area contributed by atoms with Crippen molar-refractivity contribution >= 4 is 27.9 Å². The van der Waals surface area contributed by atoms with Gasteiger partial charge < -0.3 is 11.1 Å². The molecule has 2 nitrogen and oxygen atoms in total. The van der Waals surface area contributed by atoms with Crippen LogP contribution in [0.2, 0.25) is 4.34 Å². The largest absolute Gasteiger partial charge is 0.376 e. The molecule has 1 aromatic heterocycles. The van der Waals surface area contributed by atoms with Gasteiger partial charge in [-0.25, -0.2) is 0 Å². The van der Waals surface area contributed by atoms with Gasteiger partial charge in [-0.05, 0) is 24.1 Å². The molecule has 0 aliphatic rings. The van der Waals surface area contributed by atoms with Crippen LogP contribution in [0, 0.1) is 5.41 Å². The van der Waals surface area contributed by atoms with Gasteiger partial charge in [-0.2, -0.15) is 0 Å². The molecule has 0 fully saturated rings. The fraction of sp³-hybridized carbons (Fsp3) is 0.556. The molecule has 13 heavy (non-hydrogen) atoms. The Balaban J connectivity index is 2.43. The molecular formula is C9H15ClN2S. The molecule has 1 aromatic rings. The zero-order chi connectivity index (χ0) is 9.90. The highest BCUT2D eigenvalue weighted by molar-refractivity contribution is 7.19. The van der Waals surface area contributed by atoms with Gasteiger partial charge in [0.25, 0.3) is 0 Å². The van der Waals surface area contributed by atoms with Crippen LogP contribution in [0.5, 0.6) is 0 Å². The first-order valence-electron chi connectivity index (χ1n) is 4.23. The lowest BCUT2D eigenvalue weighted by atomic mass is 9.94. The maximum atomic E-state index is 5.80. The van der Waals surface area contributed by atoms with Crippen LogP contribution in [0.25, 0.3) is 0 Å². The number of nitrogens with one attached hydrogen (secondary N) is 1. The first-order valence-corrected chi connectivity index (χ1v) is 5.42. The first-order chi connectivity index (χ1) is 6.03. The number of hydrogen-bond acceptors (Lipinski definition) is 3. The fourth-order valence-electron chi connectivity index (χ4n) is 0.808. The van der Waals surface area contributed by atoms with Gasteiger partial charge in [0, 0.05) is 6.54 Å². The summed E-state index contributed by atoms with van der Waals surface area (Å²) in [6, 6.07) is 3.88. The topological polar surface area (TPSA) is 38.0 Å². The Morgan fingerprint density at radius 2 is 2.23 bits per heavy atom. The molecule has 0 spiro atoms. The lowest BCUT2D eigenvalue weighted by Crippen LogP contribution is -2.31. The third-order valence-electron chi connectivity index (χ3n) is 1.87. The minimum atomic E-state index is 0.135. The zero-order valence-electron chi connectivity index (χ0n) is 7.93. The summed E-state index contributed by atoms with van der Waals surface area (Å²) in [6.07, 6.45) is 0. The Kier molecular flexibility index (Phi) is 3.59. The molecule has 0 unspecified atom stereocenters. The lowest BCUT2D eigenvalue weighted by molar-refractivity contribution is 0.406. The summed E-state index contributed by atoms with van der Waals surface area (Å²) in [5, 5.41) is 4.41. The van der Waals surface area contributed by atoms with E-state index in [-0.39, 0.29) is 5.41 Å². The van der Waals surface area contributed by atoms with Crippen LogP contribution < -0.4 is 11.1 Å². The Morgan fingerprint density at radius 3 is 2.69 bits per heavy atom. The predicted octanol–water partition coefficient (Wildman–Crippen LogP) is 2.80. The van der Waals surface area contributed by atoms with Crippen molar-refractivity contribution in [2.75, 3.05) is 18.4 Å². The molecule has 1 rings (SSSR count). The van der Waals surface area contributed by atoms with E-state index < -0.39 is 0 Å². The summed E-state index contributed by atoms with van der Waals surface area (Å²) < 4.78 is 0.813. The molecule has 3 N–H and O–H groups in total. The van der Waals surface area contributed by atoms with Crippen molar-refractivity contribution in [3.05, 3.63) is 16.5 Å². The van der Waals surface area contributed by atoms with Crippen LogP contribution in [0.4, 0.5) is 5.00 Å². The van der Waals surface area contributed by atoms with Crippen LogP contribution in [0.15, 0.2) is 12.1 Å². The second-order valence-electron chi connectivity index (χ2n) is 3.83. The Bertz CT molecular complexity index is 270. The van der Waals surface area contributed by atoms with Crippen LogP contribution in [0.3, 0.4) is 0 Å². The molecule has 4 heteroatoms. The third-order valence-corrected chi connectivity index (χ3v) is 3.06. The highest BCUT2D eigenvalue weighted by Gasteiger charge is 2.14. The van der Waals surface area contributed by atoms with Gasteiger partial charge in [-0.1, -0.05) is 25.4 Å². The maximum Gasteiger partial charge on any atom is 0.0950 e. The van der Waals surface area contributed by atoms with E-state index in [1.54, 1.807) is 11.3 Å². The van der Waals surface area contributed by atoms with Gasteiger partial charge in [0.2, 0.25) is 0 Å². The van der Waals surface area contributed by atoms with Crippen LogP contribution in [-0.2, 0) is 0 Å². The predicted molar refractivity (Wildman–Crippen MR) is 60.7 cm³/mol. The molecule has 0 saturated carbocycles. The number of thiophene rings is 1. The van der Waals surface area contributed by atoms with E-state index in [9.17, 15) is 0 Å². The van der Waals surface area contributed by atoms with Crippen molar-refractivity contribution in [3.63, 3.8) is 0 Å². The summed E-state index contributed by atoms with van der Waals surface area (Å²) in [4.78, 5) is 0. The van der Waals surface area contributed by atoms with E-state index in [1.807, 2.05) is 12.1 Å². The SMILES string of the molecule is CC(C)(CN)CNc1ccc(Cl)s1. The quantitative estimate of drug-likeness (QED) is 0.816. The minimum absolute atomic E-state index is 0.135. The molecule has 0 aromatic carbocycles. The first kappa shape index (κ1) is 10.8. The molecule has 74 valence electrons. The Labute approximate surface area is 88.1 Å². The van der Waals surface area contributed by atoms with Crippen molar-refractivity contribution in [1.29, 1.82) is 0 Å². The van der Waals surface area contributed by atoms with Crippen molar-refractivity contribution in [2.45, 2.75) is 13.8 Å². The van der Waals surface area contributed by atoms with Crippen molar-refractivity contribution < 1.29 is 0 Å². The highest BCUT2D eigenvalue weighted by Crippen LogP contribution is 2.27. The van der Waals surface area contributed by atoms with E-state index in [4.69, 9.17) is 17.3 Å². The third kappa shape index (κ3) is 3.55. The normalized spacial score (nSPS) is 11.7. The van der Waals surface area contributed by atoms with Crippen LogP contribution in [-0.4, -0.2) is 13.1 Å². The van der Waals surface area contributed by atoms with Gasteiger partial charge in [0.05, 0.1) is 9.34 Å². The maximum absolute atomic E-state index is 5.80. The molecular weight excluding hydrogens is 204 g/mol. The minimum Gasteiger partial charge on any atom is -0.376 e. The van der Waals surface area contributed by atoms with E-state index >= 15 is 0 Å². The van der Waals surface area contributed by atoms with Gasteiger partial charge in [-0.15, -0.1) is 11.3 Å². The highest BCUT2D eigenvalue weighted by atomic mass is 35.5. The molecule has 0 bridgehead atoms. The van der Waals surface area contributed by atoms with E-state index in [0.717, 1.165) is 15.9 Å². The van der Waals surface area contributed by atoms with E-state index in [0.29, 0.717) is 6.54 Å².